The van der Waals surface area contributed by atoms with Crippen LogP contribution in [0.2, 0.25) is 0 Å². The van der Waals surface area contributed by atoms with E-state index in [0.29, 0.717) is 11.8 Å². The van der Waals surface area contributed by atoms with Crippen molar-refractivity contribution in [2.75, 3.05) is 7.11 Å². The third kappa shape index (κ3) is 3.51. The number of aromatic nitrogens is 2. The van der Waals surface area contributed by atoms with Crippen molar-refractivity contribution in [2.45, 2.75) is 20.5 Å². The Balaban J connectivity index is 1.73. The van der Waals surface area contributed by atoms with Crippen LogP contribution >= 0.6 is 0 Å². The van der Waals surface area contributed by atoms with Crippen LogP contribution in [0.1, 0.15) is 17.0 Å². The molecular weight excluding hydrogens is 292 g/mol. The number of methoxy groups -OCH3 is 1. The molecule has 0 atom stereocenters. The average molecular weight is 310 g/mol. The van der Waals surface area contributed by atoms with E-state index in [9.17, 15) is 0 Å². The van der Waals surface area contributed by atoms with Crippen LogP contribution in [0.4, 0.5) is 0 Å². The number of benzene rings is 2. The molecule has 0 bridgehead atoms. The van der Waals surface area contributed by atoms with Crippen molar-refractivity contribution in [1.82, 2.24) is 10.2 Å². The lowest BCUT2D eigenvalue weighted by atomic mass is 10.1. The lowest BCUT2D eigenvalue weighted by molar-refractivity contribution is 0.263. The Morgan fingerprint density at radius 3 is 2.74 bits per heavy atom. The first-order chi connectivity index (χ1) is 11.2. The third-order valence-corrected chi connectivity index (χ3v) is 3.48. The Bertz CT molecular complexity index is 812. The van der Waals surface area contributed by atoms with E-state index < -0.39 is 0 Å². The summed E-state index contributed by atoms with van der Waals surface area (Å²) in [7, 11) is 1.62. The maximum atomic E-state index is 5.78. The monoisotopic (exact) mass is 310 g/mol. The first-order valence-electron chi connectivity index (χ1n) is 7.32. The fraction of sp³-hybridized carbons (Fsp3) is 0.222. The zero-order valence-electron chi connectivity index (χ0n) is 13.4. The molecule has 3 rings (SSSR count). The SMILES string of the molecule is COc1cccc(-c2nnc(COc3cc(C)ccc3C)o2)c1. The van der Waals surface area contributed by atoms with Gasteiger partial charge in [-0.05, 0) is 49.2 Å². The molecule has 0 aliphatic heterocycles. The number of rotatable bonds is 5. The second-order valence-electron chi connectivity index (χ2n) is 5.29. The Morgan fingerprint density at radius 2 is 1.91 bits per heavy atom. The van der Waals surface area contributed by atoms with E-state index in [4.69, 9.17) is 13.9 Å². The van der Waals surface area contributed by atoms with E-state index in [1.165, 1.54) is 0 Å². The number of hydrogen-bond acceptors (Lipinski definition) is 5. The summed E-state index contributed by atoms with van der Waals surface area (Å²) in [6, 6.07) is 13.6. The molecule has 0 fully saturated rings. The maximum Gasteiger partial charge on any atom is 0.254 e. The van der Waals surface area contributed by atoms with Crippen LogP contribution in [0.5, 0.6) is 11.5 Å². The molecule has 0 aliphatic rings. The quantitative estimate of drug-likeness (QED) is 0.714. The summed E-state index contributed by atoms with van der Waals surface area (Å²) in [6.45, 7) is 4.27. The highest BCUT2D eigenvalue weighted by atomic mass is 16.5. The van der Waals surface area contributed by atoms with Gasteiger partial charge in [-0.2, -0.15) is 0 Å². The fourth-order valence-electron chi connectivity index (χ4n) is 2.19. The van der Waals surface area contributed by atoms with Crippen LogP contribution in [0.15, 0.2) is 46.9 Å². The Morgan fingerprint density at radius 1 is 1.04 bits per heavy atom. The van der Waals surface area contributed by atoms with Gasteiger partial charge in [0.15, 0.2) is 6.61 Å². The molecule has 0 N–H and O–H groups in total. The van der Waals surface area contributed by atoms with Gasteiger partial charge in [-0.25, -0.2) is 0 Å². The maximum absolute atomic E-state index is 5.78. The van der Waals surface area contributed by atoms with Crippen molar-refractivity contribution >= 4 is 0 Å². The molecule has 5 heteroatoms. The third-order valence-electron chi connectivity index (χ3n) is 3.48. The topological polar surface area (TPSA) is 57.4 Å². The standard InChI is InChI=1S/C18H18N2O3/c1-12-7-8-13(2)16(9-12)22-11-17-19-20-18(23-17)14-5-4-6-15(10-14)21-3/h4-10H,11H2,1-3H3. The van der Waals surface area contributed by atoms with Gasteiger partial charge >= 0.3 is 0 Å². The van der Waals surface area contributed by atoms with Crippen LogP contribution in [-0.2, 0) is 6.61 Å². The molecule has 0 radical (unpaired) electrons. The summed E-state index contributed by atoms with van der Waals surface area (Å²) in [4.78, 5) is 0. The van der Waals surface area contributed by atoms with Crippen molar-refractivity contribution in [3.05, 3.63) is 59.5 Å². The predicted molar refractivity (Wildman–Crippen MR) is 86.5 cm³/mol. The highest BCUT2D eigenvalue weighted by Gasteiger charge is 2.10. The molecule has 0 spiro atoms. The van der Waals surface area contributed by atoms with E-state index >= 15 is 0 Å². The van der Waals surface area contributed by atoms with Crippen molar-refractivity contribution in [2.24, 2.45) is 0 Å². The van der Waals surface area contributed by atoms with Crippen molar-refractivity contribution in [3.63, 3.8) is 0 Å². The van der Waals surface area contributed by atoms with Gasteiger partial charge in [0.1, 0.15) is 11.5 Å². The summed E-state index contributed by atoms with van der Waals surface area (Å²) < 4.78 is 16.6. The minimum Gasteiger partial charge on any atom is -0.497 e. The Kier molecular flexibility index (Phi) is 4.28. The molecule has 23 heavy (non-hydrogen) atoms. The molecule has 2 aromatic carbocycles. The molecule has 3 aromatic rings. The van der Waals surface area contributed by atoms with E-state index in [2.05, 4.69) is 16.3 Å². The van der Waals surface area contributed by atoms with Gasteiger partial charge in [0.05, 0.1) is 7.11 Å². The second-order valence-corrected chi connectivity index (χ2v) is 5.29. The highest BCUT2D eigenvalue weighted by Crippen LogP contribution is 2.24. The Labute approximate surface area is 134 Å². The first-order valence-corrected chi connectivity index (χ1v) is 7.32. The smallest absolute Gasteiger partial charge is 0.254 e. The molecule has 1 aromatic heterocycles. The number of hydrogen-bond donors (Lipinski definition) is 0. The predicted octanol–water partition coefficient (Wildman–Crippen LogP) is 3.94. The van der Waals surface area contributed by atoms with Gasteiger partial charge < -0.3 is 13.9 Å². The lowest BCUT2D eigenvalue weighted by Crippen LogP contribution is -1.97. The van der Waals surface area contributed by atoms with Gasteiger partial charge in [0, 0.05) is 5.56 Å². The van der Waals surface area contributed by atoms with Gasteiger partial charge in [-0.3, -0.25) is 0 Å². The van der Waals surface area contributed by atoms with Crippen molar-refractivity contribution in [1.29, 1.82) is 0 Å². The molecule has 0 unspecified atom stereocenters. The van der Waals surface area contributed by atoms with E-state index in [1.807, 2.05) is 50.2 Å². The average Bonchev–Trinajstić information content (AvgIpc) is 3.05. The highest BCUT2D eigenvalue weighted by molar-refractivity contribution is 5.55. The van der Waals surface area contributed by atoms with Crippen LogP contribution < -0.4 is 9.47 Å². The molecule has 5 nitrogen and oxygen atoms in total. The summed E-state index contributed by atoms with van der Waals surface area (Å²) >= 11 is 0. The largest absolute Gasteiger partial charge is 0.497 e. The van der Waals surface area contributed by atoms with Crippen molar-refractivity contribution in [3.8, 4) is 23.0 Å². The lowest BCUT2D eigenvalue weighted by Gasteiger charge is -2.07. The summed E-state index contributed by atoms with van der Waals surface area (Å²) in [5, 5.41) is 8.09. The van der Waals surface area contributed by atoms with Crippen LogP contribution in [0.25, 0.3) is 11.5 Å². The number of aryl methyl sites for hydroxylation is 2. The minimum absolute atomic E-state index is 0.237. The summed E-state index contributed by atoms with van der Waals surface area (Å²) in [6.07, 6.45) is 0. The van der Waals surface area contributed by atoms with Gasteiger partial charge in [0.25, 0.3) is 5.89 Å². The Hall–Kier alpha value is -2.82. The number of nitrogens with zero attached hydrogens (tertiary/aromatic N) is 2. The number of ether oxygens (including phenoxy) is 2. The fourth-order valence-corrected chi connectivity index (χ4v) is 2.19. The van der Waals surface area contributed by atoms with E-state index in [1.54, 1.807) is 7.11 Å². The van der Waals surface area contributed by atoms with Gasteiger partial charge in [0.2, 0.25) is 5.89 Å². The first kappa shape index (κ1) is 15.1. The van der Waals surface area contributed by atoms with E-state index in [0.717, 1.165) is 28.2 Å². The normalized spacial score (nSPS) is 10.6. The van der Waals surface area contributed by atoms with Crippen LogP contribution in [-0.4, -0.2) is 17.3 Å². The van der Waals surface area contributed by atoms with Crippen molar-refractivity contribution < 1.29 is 13.9 Å². The molecule has 0 saturated heterocycles. The molecular formula is C18H18N2O3. The van der Waals surface area contributed by atoms with E-state index in [-0.39, 0.29) is 6.61 Å². The van der Waals surface area contributed by atoms with Gasteiger partial charge in [-0.15, -0.1) is 10.2 Å². The molecule has 0 amide bonds. The summed E-state index contributed by atoms with van der Waals surface area (Å²) in [5.74, 6) is 2.45. The summed E-state index contributed by atoms with van der Waals surface area (Å²) in [5.41, 5.74) is 3.03. The minimum atomic E-state index is 0.237. The molecule has 0 saturated carbocycles. The zero-order valence-corrected chi connectivity index (χ0v) is 13.4. The molecule has 0 aliphatic carbocycles. The molecule has 1 heterocycles. The molecule has 118 valence electrons. The van der Waals surface area contributed by atoms with Gasteiger partial charge in [-0.1, -0.05) is 18.2 Å². The van der Waals surface area contributed by atoms with Crippen LogP contribution in [0, 0.1) is 13.8 Å². The zero-order chi connectivity index (χ0) is 16.2. The van der Waals surface area contributed by atoms with Crippen LogP contribution in [0.3, 0.4) is 0 Å². The second kappa shape index (κ2) is 6.52.